The third-order valence-corrected chi connectivity index (χ3v) is 6.56. The van der Waals surface area contributed by atoms with E-state index in [0.29, 0.717) is 18.0 Å². The van der Waals surface area contributed by atoms with Gasteiger partial charge in [0.25, 0.3) is 0 Å². The van der Waals surface area contributed by atoms with Crippen molar-refractivity contribution >= 4 is 15.5 Å². The summed E-state index contributed by atoms with van der Waals surface area (Å²) in [5, 5.41) is 3.30. The summed E-state index contributed by atoms with van der Waals surface area (Å²) in [6, 6.07) is 8.11. The molecule has 3 rings (SSSR count). The number of alkyl halides is 2. The van der Waals surface area contributed by atoms with Gasteiger partial charge in [0.2, 0.25) is 9.84 Å². The smallest absolute Gasteiger partial charge is 0.387 e. The second-order valence-corrected chi connectivity index (χ2v) is 8.54. The van der Waals surface area contributed by atoms with Crippen LogP contribution in [0.15, 0.2) is 46.2 Å². The molecule has 0 bridgehead atoms. The number of hydrogen-bond acceptors (Lipinski definition) is 7. The van der Waals surface area contributed by atoms with Gasteiger partial charge in [0, 0.05) is 25.7 Å². The van der Waals surface area contributed by atoms with E-state index in [1.54, 1.807) is 12.1 Å². The lowest BCUT2D eigenvalue weighted by atomic mass is 10.2. The van der Waals surface area contributed by atoms with Gasteiger partial charge in [0.05, 0.1) is 24.8 Å². The molecule has 10 heteroatoms. The molecule has 1 fully saturated rings. The van der Waals surface area contributed by atoms with Crippen LogP contribution in [0.25, 0.3) is 0 Å². The molecular weight excluding hydrogens is 418 g/mol. The number of halogens is 2. The summed E-state index contributed by atoms with van der Waals surface area (Å²) < 4.78 is 66.9. The number of methoxy groups -OCH3 is 2. The minimum absolute atomic E-state index is 0.00278. The molecule has 0 amide bonds. The fraction of sp³-hybridized carbons (Fsp3) is 0.400. The van der Waals surface area contributed by atoms with Gasteiger partial charge in [0.1, 0.15) is 22.1 Å². The Balaban J connectivity index is 2.07. The highest BCUT2D eigenvalue weighted by atomic mass is 32.2. The third-order valence-electron chi connectivity index (χ3n) is 4.79. The van der Waals surface area contributed by atoms with Crippen LogP contribution in [0.4, 0.5) is 14.5 Å². The highest BCUT2D eigenvalue weighted by molar-refractivity contribution is 7.91. The molecule has 0 atom stereocenters. The first-order chi connectivity index (χ1) is 14.4. The van der Waals surface area contributed by atoms with Crippen molar-refractivity contribution in [3.63, 3.8) is 0 Å². The molecule has 7 nitrogen and oxygen atoms in total. The maximum absolute atomic E-state index is 13.4. The standard InChI is InChI=1S/C20H24F2N2O5S/c1-27-17-7-5-15(13-16(17)24-10-3-8-23-9-11-24)30(25,26)19-12-14(29-20(21)22)4-6-18(19)28-2/h4-7,12-13,20,23H,3,8-11H2,1-2H3. The van der Waals surface area contributed by atoms with Gasteiger partial charge in [0.15, 0.2) is 0 Å². The summed E-state index contributed by atoms with van der Waals surface area (Å²) >= 11 is 0. The molecular formula is C20H24F2N2O5S. The van der Waals surface area contributed by atoms with Gasteiger partial charge in [-0.2, -0.15) is 8.78 Å². The van der Waals surface area contributed by atoms with Crippen LogP contribution < -0.4 is 24.4 Å². The molecule has 2 aromatic rings. The Hall–Kier alpha value is -2.59. The lowest BCUT2D eigenvalue weighted by Crippen LogP contribution is -2.28. The maximum atomic E-state index is 13.4. The van der Waals surface area contributed by atoms with Crippen molar-refractivity contribution in [3.8, 4) is 17.2 Å². The van der Waals surface area contributed by atoms with Crippen molar-refractivity contribution < 1.29 is 31.4 Å². The van der Waals surface area contributed by atoms with E-state index in [2.05, 4.69) is 15.0 Å². The molecule has 1 heterocycles. The molecule has 0 radical (unpaired) electrons. The molecule has 164 valence electrons. The molecule has 0 spiro atoms. The van der Waals surface area contributed by atoms with Crippen molar-refractivity contribution in [2.75, 3.05) is 45.3 Å². The summed E-state index contributed by atoms with van der Waals surface area (Å²) in [6.07, 6.45) is 0.904. The second-order valence-electron chi connectivity index (χ2n) is 6.62. The van der Waals surface area contributed by atoms with Crippen molar-refractivity contribution in [3.05, 3.63) is 36.4 Å². The van der Waals surface area contributed by atoms with E-state index < -0.39 is 16.4 Å². The molecule has 1 saturated heterocycles. The van der Waals surface area contributed by atoms with Gasteiger partial charge >= 0.3 is 6.61 Å². The average molecular weight is 442 g/mol. The van der Waals surface area contributed by atoms with Crippen molar-refractivity contribution in [2.45, 2.75) is 22.8 Å². The minimum atomic E-state index is -4.08. The molecule has 0 aliphatic carbocycles. The first-order valence-electron chi connectivity index (χ1n) is 9.38. The van der Waals surface area contributed by atoms with E-state index in [4.69, 9.17) is 9.47 Å². The quantitative estimate of drug-likeness (QED) is 0.707. The predicted octanol–water partition coefficient (Wildman–Crippen LogP) is 2.94. The summed E-state index contributed by atoms with van der Waals surface area (Å²) in [4.78, 5) is 1.81. The van der Waals surface area contributed by atoms with E-state index in [1.165, 1.54) is 32.4 Å². The van der Waals surface area contributed by atoms with Crippen LogP contribution in [0, 0.1) is 0 Å². The largest absolute Gasteiger partial charge is 0.495 e. The second kappa shape index (κ2) is 9.48. The highest BCUT2D eigenvalue weighted by Crippen LogP contribution is 2.37. The van der Waals surface area contributed by atoms with Gasteiger partial charge in [-0.1, -0.05) is 0 Å². The molecule has 0 saturated carbocycles. The van der Waals surface area contributed by atoms with Crippen LogP contribution in [-0.2, 0) is 9.84 Å². The van der Waals surface area contributed by atoms with Crippen molar-refractivity contribution in [2.24, 2.45) is 0 Å². The molecule has 1 aliphatic rings. The number of hydrogen-bond donors (Lipinski definition) is 1. The lowest BCUT2D eigenvalue weighted by molar-refractivity contribution is -0.0500. The summed E-state index contributed by atoms with van der Waals surface area (Å²) in [5.74, 6) is 0.322. The number of benzene rings is 2. The Kier molecular flexibility index (Phi) is 6.99. The molecule has 0 unspecified atom stereocenters. The molecule has 2 aromatic carbocycles. The monoisotopic (exact) mass is 442 g/mol. The number of sulfone groups is 1. The Morgan fingerprint density at radius 2 is 1.73 bits per heavy atom. The number of nitrogens with one attached hydrogen (secondary N) is 1. The number of anilines is 1. The number of rotatable bonds is 7. The summed E-state index contributed by atoms with van der Waals surface area (Å²) in [6.45, 7) is 0.0129. The van der Waals surface area contributed by atoms with Gasteiger partial charge in [-0.15, -0.1) is 0 Å². The van der Waals surface area contributed by atoms with E-state index >= 15 is 0 Å². The predicted molar refractivity (Wildman–Crippen MR) is 108 cm³/mol. The Morgan fingerprint density at radius 1 is 1.00 bits per heavy atom. The van der Waals surface area contributed by atoms with E-state index in [1.807, 2.05) is 0 Å². The normalized spacial score (nSPS) is 15.0. The van der Waals surface area contributed by atoms with Crippen molar-refractivity contribution in [1.82, 2.24) is 5.32 Å². The Morgan fingerprint density at radius 3 is 2.43 bits per heavy atom. The topological polar surface area (TPSA) is 77.1 Å². The maximum Gasteiger partial charge on any atom is 0.387 e. The van der Waals surface area contributed by atoms with Gasteiger partial charge in [-0.3, -0.25) is 0 Å². The Bertz CT molecular complexity index is 977. The first-order valence-corrected chi connectivity index (χ1v) is 10.9. The van der Waals surface area contributed by atoms with Gasteiger partial charge in [-0.25, -0.2) is 8.42 Å². The van der Waals surface area contributed by atoms with Crippen LogP contribution in [0.1, 0.15) is 6.42 Å². The summed E-state index contributed by atoms with van der Waals surface area (Å²) in [5.41, 5.74) is 0.654. The fourth-order valence-electron chi connectivity index (χ4n) is 3.34. The van der Waals surface area contributed by atoms with Gasteiger partial charge in [-0.05, 0) is 43.3 Å². The SMILES string of the molecule is COc1ccc(S(=O)(=O)c2cc(OC(F)F)ccc2OC)cc1N1CCCNCC1. The molecule has 1 aliphatic heterocycles. The minimum Gasteiger partial charge on any atom is -0.495 e. The average Bonchev–Trinajstić information content (AvgIpc) is 3.02. The zero-order valence-electron chi connectivity index (χ0n) is 16.7. The fourth-order valence-corrected chi connectivity index (χ4v) is 4.80. The number of nitrogens with zero attached hydrogens (tertiary/aromatic N) is 1. The van der Waals surface area contributed by atoms with Crippen LogP contribution in [0.5, 0.6) is 17.2 Å². The molecule has 0 aromatic heterocycles. The lowest BCUT2D eigenvalue weighted by Gasteiger charge is -2.25. The van der Waals surface area contributed by atoms with E-state index in [9.17, 15) is 17.2 Å². The zero-order chi connectivity index (χ0) is 21.7. The Labute approximate surface area is 174 Å². The molecule has 30 heavy (non-hydrogen) atoms. The van der Waals surface area contributed by atoms with Crippen LogP contribution >= 0.6 is 0 Å². The van der Waals surface area contributed by atoms with Crippen molar-refractivity contribution in [1.29, 1.82) is 0 Å². The summed E-state index contributed by atoms with van der Waals surface area (Å²) in [7, 11) is -1.25. The first kappa shape index (κ1) is 22.1. The highest BCUT2D eigenvalue weighted by Gasteiger charge is 2.26. The van der Waals surface area contributed by atoms with E-state index in [-0.39, 0.29) is 21.3 Å². The number of ether oxygens (including phenoxy) is 3. The van der Waals surface area contributed by atoms with E-state index in [0.717, 1.165) is 32.1 Å². The van der Waals surface area contributed by atoms with Crippen LogP contribution in [-0.4, -0.2) is 55.4 Å². The third kappa shape index (κ3) is 4.76. The molecule has 1 N–H and O–H groups in total. The van der Waals surface area contributed by atoms with Gasteiger partial charge < -0.3 is 24.4 Å². The van der Waals surface area contributed by atoms with Crippen LogP contribution in [0.2, 0.25) is 0 Å². The van der Waals surface area contributed by atoms with Crippen LogP contribution in [0.3, 0.4) is 0 Å². The zero-order valence-corrected chi connectivity index (χ0v) is 17.5.